The molecule has 0 heterocycles. The number of carbonyl (C=O) groups excluding carboxylic acids is 1. The summed E-state index contributed by atoms with van der Waals surface area (Å²) in [6, 6.07) is 14.4. The number of nitrogens with zero attached hydrogens (tertiary/aromatic N) is 1. The molecule has 100 valence electrons. The molecule has 2 rings (SSSR count). The monoisotopic (exact) mass is 266 g/mol. The second-order valence-corrected chi connectivity index (χ2v) is 4.30. The number of benzene rings is 2. The minimum Gasteiger partial charge on any atom is -0.397 e. The minimum absolute atomic E-state index is 0.109. The number of amides is 1. The Morgan fingerprint density at radius 3 is 2.35 bits per heavy atom. The molecule has 0 fully saturated rings. The summed E-state index contributed by atoms with van der Waals surface area (Å²) >= 11 is 0. The third-order valence-corrected chi connectivity index (χ3v) is 2.66. The normalized spacial score (nSPS) is 9.60. The molecule has 2 aromatic rings. The maximum atomic E-state index is 10.9. The number of anilines is 4. The summed E-state index contributed by atoms with van der Waals surface area (Å²) in [5.74, 6) is -0.109. The second-order valence-electron chi connectivity index (χ2n) is 4.30. The topological polar surface area (TPSA) is 90.9 Å². The molecule has 2 aromatic carbocycles. The molecule has 0 aliphatic carbocycles. The van der Waals surface area contributed by atoms with E-state index >= 15 is 0 Å². The summed E-state index contributed by atoms with van der Waals surface area (Å²) in [7, 11) is 0. The Balaban J connectivity index is 2.14. The van der Waals surface area contributed by atoms with Crippen molar-refractivity contribution in [1.82, 2.24) is 0 Å². The molecule has 0 unspecified atom stereocenters. The van der Waals surface area contributed by atoms with Crippen LogP contribution in [0.2, 0.25) is 0 Å². The number of nitrogen functional groups attached to an aromatic ring is 1. The number of rotatable bonds is 3. The van der Waals surface area contributed by atoms with Gasteiger partial charge in [0.25, 0.3) is 0 Å². The molecule has 0 atom stereocenters. The van der Waals surface area contributed by atoms with Gasteiger partial charge in [0.2, 0.25) is 5.91 Å². The summed E-state index contributed by atoms with van der Waals surface area (Å²) in [5.41, 5.74) is 9.21. The summed E-state index contributed by atoms with van der Waals surface area (Å²) in [6.07, 6.45) is 0. The van der Waals surface area contributed by atoms with Crippen molar-refractivity contribution in [3.63, 3.8) is 0 Å². The number of hydrogen-bond acceptors (Lipinski definition) is 4. The van der Waals surface area contributed by atoms with Crippen molar-refractivity contribution in [3.8, 4) is 6.07 Å². The van der Waals surface area contributed by atoms with Crippen LogP contribution in [-0.4, -0.2) is 5.91 Å². The first-order valence-electron chi connectivity index (χ1n) is 6.03. The van der Waals surface area contributed by atoms with E-state index in [9.17, 15) is 4.79 Å². The molecule has 0 bridgehead atoms. The predicted octanol–water partition coefficient (Wildman–Crippen LogP) is 2.84. The first-order chi connectivity index (χ1) is 9.58. The van der Waals surface area contributed by atoms with Crippen LogP contribution >= 0.6 is 0 Å². The highest BCUT2D eigenvalue weighted by Crippen LogP contribution is 2.24. The van der Waals surface area contributed by atoms with Gasteiger partial charge in [0, 0.05) is 18.3 Å². The number of nitrogens with two attached hydrogens (primary N) is 1. The van der Waals surface area contributed by atoms with Crippen LogP contribution in [0.15, 0.2) is 42.5 Å². The maximum Gasteiger partial charge on any atom is 0.221 e. The zero-order valence-corrected chi connectivity index (χ0v) is 11.0. The van der Waals surface area contributed by atoms with Crippen molar-refractivity contribution < 1.29 is 4.79 Å². The molecule has 5 nitrogen and oxygen atoms in total. The van der Waals surface area contributed by atoms with Gasteiger partial charge in [0.05, 0.1) is 23.0 Å². The van der Waals surface area contributed by atoms with Crippen molar-refractivity contribution >= 4 is 28.7 Å². The van der Waals surface area contributed by atoms with Gasteiger partial charge in [-0.2, -0.15) is 5.26 Å². The van der Waals surface area contributed by atoms with Gasteiger partial charge in [-0.3, -0.25) is 4.79 Å². The predicted molar refractivity (Wildman–Crippen MR) is 79.6 cm³/mol. The lowest BCUT2D eigenvalue weighted by molar-refractivity contribution is -0.114. The molecule has 4 N–H and O–H groups in total. The van der Waals surface area contributed by atoms with Crippen molar-refractivity contribution in [3.05, 3.63) is 48.0 Å². The molecule has 0 saturated carbocycles. The van der Waals surface area contributed by atoms with Crippen LogP contribution in [0, 0.1) is 11.3 Å². The summed E-state index contributed by atoms with van der Waals surface area (Å²) < 4.78 is 0. The molecule has 5 heteroatoms. The van der Waals surface area contributed by atoms with E-state index in [4.69, 9.17) is 11.0 Å². The highest BCUT2D eigenvalue weighted by atomic mass is 16.1. The average Bonchev–Trinajstić information content (AvgIpc) is 2.42. The van der Waals surface area contributed by atoms with Gasteiger partial charge in [-0.15, -0.1) is 0 Å². The molecule has 0 aliphatic heterocycles. The summed E-state index contributed by atoms with van der Waals surface area (Å²) in [5, 5.41) is 14.6. The van der Waals surface area contributed by atoms with Crippen LogP contribution in [0.4, 0.5) is 22.7 Å². The van der Waals surface area contributed by atoms with E-state index in [0.717, 1.165) is 17.1 Å². The third kappa shape index (κ3) is 3.27. The molecule has 0 spiro atoms. The molecular formula is C15H14N4O. The van der Waals surface area contributed by atoms with E-state index in [1.54, 1.807) is 30.3 Å². The molecule has 0 aliphatic rings. The van der Waals surface area contributed by atoms with E-state index in [0.29, 0.717) is 11.3 Å². The number of hydrogen-bond donors (Lipinski definition) is 3. The average molecular weight is 266 g/mol. The molecular weight excluding hydrogens is 252 g/mol. The molecule has 0 saturated heterocycles. The van der Waals surface area contributed by atoms with Crippen LogP contribution < -0.4 is 16.4 Å². The van der Waals surface area contributed by atoms with Crippen molar-refractivity contribution in [2.24, 2.45) is 0 Å². The zero-order valence-electron chi connectivity index (χ0n) is 11.0. The minimum atomic E-state index is -0.109. The quantitative estimate of drug-likeness (QED) is 0.745. The van der Waals surface area contributed by atoms with Crippen LogP contribution in [0.25, 0.3) is 0 Å². The Kier molecular flexibility index (Phi) is 3.87. The first kappa shape index (κ1) is 13.4. The van der Waals surface area contributed by atoms with Gasteiger partial charge >= 0.3 is 0 Å². The Morgan fingerprint density at radius 2 is 1.80 bits per heavy atom. The Labute approximate surface area is 117 Å². The molecule has 0 aromatic heterocycles. The number of carbonyl (C=O) groups is 1. The fourth-order valence-corrected chi connectivity index (χ4v) is 1.74. The third-order valence-electron chi connectivity index (χ3n) is 2.66. The smallest absolute Gasteiger partial charge is 0.221 e. The van der Waals surface area contributed by atoms with Gasteiger partial charge in [0.15, 0.2) is 0 Å². The van der Waals surface area contributed by atoms with Gasteiger partial charge < -0.3 is 16.4 Å². The highest BCUT2D eigenvalue weighted by molar-refractivity contribution is 5.89. The summed E-state index contributed by atoms with van der Waals surface area (Å²) in [6.45, 7) is 1.46. The van der Waals surface area contributed by atoms with Gasteiger partial charge in [0.1, 0.15) is 0 Å². The lowest BCUT2D eigenvalue weighted by atomic mass is 10.2. The van der Waals surface area contributed by atoms with Crippen LogP contribution in [0.3, 0.4) is 0 Å². The van der Waals surface area contributed by atoms with E-state index in [1.807, 2.05) is 18.2 Å². The van der Waals surface area contributed by atoms with E-state index in [2.05, 4.69) is 10.6 Å². The largest absolute Gasteiger partial charge is 0.397 e. The van der Waals surface area contributed by atoms with Gasteiger partial charge in [-0.05, 0) is 42.5 Å². The van der Waals surface area contributed by atoms with Crippen LogP contribution in [0.5, 0.6) is 0 Å². The number of nitrogens with one attached hydrogen (secondary N) is 2. The maximum absolute atomic E-state index is 10.9. The second kappa shape index (κ2) is 5.76. The van der Waals surface area contributed by atoms with E-state index < -0.39 is 0 Å². The fourth-order valence-electron chi connectivity index (χ4n) is 1.74. The zero-order chi connectivity index (χ0) is 14.5. The van der Waals surface area contributed by atoms with E-state index in [1.165, 1.54) is 6.92 Å². The van der Waals surface area contributed by atoms with Gasteiger partial charge in [-0.25, -0.2) is 0 Å². The Hall–Kier alpha value is -3.00. The SMILES string of the molecule is CC(=O)Nc1ccc(Nc2ccc(C#N)cc2N)cc1. The van der Waals surface area contributed by atoms with Gasteiger partial charge in [-0.1, -0.05) is 0 Å². The Bertz CT molecular complexity index is 671. The van der Waals surface area contributed by atoms with Crippen molar-refractivity contribution in [2.75, 3.05) is 16.4 Å². The molecule has 1 amide bonds. The standard InChI is InChI=1S/C15H14N4O/c1-10(20)18-12-3-5-13(6-4-12)19-15-7-2-11(9-16)8-14(15)17/h2-8,19H,17H2,1H3,(H,18,20). The number of nitriles is 1. The lowest BCUT2D eigenvalue weighted by Gasteiger charge is -2.10. The lowest BCUT2D eigenvalue weighted by Crippen LogP contribution is -2.05. The molecule has 0 radical (unpaired) electrons. The highest BCUT2D eigenvalue weighted by Gasteiger charge is 2.02. The Morgan fingerprint density at radius 1 is 1.15 bits per heavy atom. The summed E-state index contributed by atoms with van der Waals surface area (Å²) in [4.78, 5) is 10.9. The van der Waals surface area contributed by atoms with Crippen LogP contribution in [-0.2, 0) is 4.79 Å². The van der Waals surface area contributed by atoms with Crippen LogP contribution in [0.1, 0.15) is 12.5 Å². The fraction of sp³-hybridized carbons (Fsp3) is 0.0667. The van der Waals surface area contributed by atoms with E-state index in [-0.39, 0.29) is 5.91 Å². The van der Waals surface area contributed by atoms with Crippen molar-refractivity contribution in [2.45, 2.75) is 6.92 Å². The van der Waals surface area contributed by atoms with Crippen molar-refractivity contribution in [1.29, 1.82) is 5.26 Å². The molecule has 20 heavy (non-hydrogen) atoms. The first-order valence-corrected chi connectivity index (χ1v) is 6.03.